The molecule has 2 heterocycles. The second kappa shape index (κ2) is 6.29. The molecule has 2 rings (SSSR count). The molecule has 0 fully saturated rings. The van der Waals surface area contributed by atoms with Gasteiger partial charge in [0.05, 0.1) is 30.6 Å². The number of aromatic amines is 1. The van der Waals surface area contributed by atoms with Gasteiger partial charge in [0.15, 0.2) is 0 Å². The van der Waals surface area contributed by atoms with Crippen LogP contribution in [0.1, 0.15) is 27.4 Å². The van der Waals surface area contributed by atoms with Crippen molar-refractivity contribution in [2.45, 2.75) is 20.4 Å². The van der Waals surface area contributed by atoms with Gasteiger partial charge in [-0.05, 0) is 25.5 Å². The second-order valence-electron chi connectivity index (χ2n) is 4.70. The maximum absolute atomic E-state index is 12.4. The zero-order valence-electron chi connectivity index (χ0n) is 11.6. The number of rotatable bonds is 5. The van der Waals surface area contributed by atoms with Crippen LogP contribution in [0.2, 0.25) is 0 Å². The maximum Gasteiger partial charge on any atom is 0.255 e. The van der Waals surface area contributed by atoms with E-state index in [1.54, 1.807) is 23.4 Å². The number of nitrogens with zero attached hydrogens (tertiary/aromatic N) is 3. The summed E-state index contributed by atoms with van der Waals surface area (Å²) >= 11 is 0. The summed E-state index contributed by atoms with van der Waals surface area (Å²) in [6.45, 7) is 4.31. The fourth-order valence-electron chi connectivity index (χ4n) is 1.99. The monoisotopic (exact) mass is 274 g/mol. The lowest BCUT2D eigenvalue weighted by atomic mass is 10.2. The van der Waals surface area contributed by atoms with Gasteiger partial charge in [0.25, 0.3) is 5.91 Å². The van der Waals surface area contributed by atoms with Crippen molar-refractivity contribution in [1.82, 2.24) is 19.9 Å². The predicted molar refractivity (Wildman–Crippen MR) is 74.1 cm³/mol. The molecule has 2 aromatic heterocycles. The first-order valence-electron chi connectivity index (χ1n) is 6.42. The van der Waals surface area contributed by atoms with Gasteiger partial charge in [-0.2, -0.15) is 0 Å². The van der Waals surface area contributed by atoms with E-state index in [0.29, 0.717) is 12.1 Å². The first-order valence-corrected chi connectivity index (χ1v) is 6.42. The molecule has 1 amide bonds. The third-order valence-corrected chi connectivity index (χ3v) is 2.90. The lowest BCUT2D eigenvalue weighted by molar-refractivity contribution is 0.0705. The number of carbonyl (C=O) groups excluding carboxylic acids is 1. The normalized spacial score (nSPS) is 10.6. The standard InChI is InChI=1S/C14H18N4O2/c1-10-5-12(7-15-6-10)14(20)18(3-4-19)9-13-8-16-11(2)17-13/h5-8,19H,3-4,9H2,1-2H3,(H,16,17). The molecule has 0 radical (unpaired) electrons. The molecule has 0 saturated carbocycles. The van der Waals surface area contributed by atoms with Crippen LogP contribution in [0.3, 0.4) is 0 Å². The molecule has 0 spiro atoms. The zero-order valence-corrected chi connectivity index (χ0v) is 11.6. The average Bonchev–Trinajstić information content (AvgIpc) is 2.83. The maximum atomic E-state index is 12.4. The van der Waals surface area contributed by atoms with Crippen molar-refractivity contribution in [3.05, 3.63) is 47.3 Å². The van der Waals surface area contributed by atoms with Gasteiger partial charge in [-0.25, -0.2) is 4.98 Å². The van der Waals surface area contributed by atoms with Gasteiger partial charge in [-0.15, -0.1) is 0 Å². The van der Waals surface area contributed by atoms with E-state index in [1.807, 2.05) is 13.8 Å². The minimum absolute atomic E-state index is 0.0852. The average molecular weight is 274 g/mol. The van der Waals surface area contributed by atoms with Crippen LogP contribution in [0, 0.1) is 13.8 Å². The largest absolute Gasteiger partial charge is 0.395 e. The molecule has 0 saturated heterocycles. The van der Waals surface area contributed by atoms with Crippen molar-refractivity contribution in [3.63, 3.8) is 0 Å². The number of aliphatic hydroxyl groups is 1. The second-order valence-corrected chi connectivity index (χ2v) is 4.70. The molecular weight excluding hydrogens is 256 g/mol. The lowest BCUT2D eigenvalue weighted by Gasteiger charge is -2.21. The van der Waals surface area contributed by atoms with Crippen LogP contribution in [0.15, 0.2) is 24.7 Å². The molecule has 0 aliphatic carbocycles. The summed E-state index contributed by atoms with van der Waals surface area (Å²) in [6.07, 6.45) is 4.94. The molecular formula is C14H18N4O2. The molecule has 0 aliphatic heterocycles. The quantitative estimate of drug-likeness (QED) is 0.854. The highest BCUT2D eigenvalue weighted by Gasteiger charge is 2.17. The van der Waals surface area contributed by atoms with Crippen LogP contribution in [-0.2, 0) is 6.54 Å². The fourth-order valence-corrected chi connectivity index (χ4v) is 1.99. The van der Waals surface area contributed by atoms with E-state index in [2.05, 4.69) is 15.0 Å². The molecule has 6 nitrogen and oxygen atoms in total. The number of H-pyrrole nitrogens is 1. The Kier molecular flexibility index (Phi) is 4.47. The summed E-state index contributed by atoms with van der Waals surface area (Å²) < 4.78 is 0. The van der Waals surface area contributed by atoms with E-state index in [4.69, 9.17) is 5.11 Å². The smallest absolute Gasteiger partial charge is 0.255 e. The highest BCUT2D eigenvalue weighted by molar-refractivity contribution is 5.94. The van der Waals surface area contributed by atoms with Gasteiger partial charge in [-0.3, -0.25) is 9.78 Å². The van der Waals surface area contributed by atoms with E-state index >= 15 is 0 Å². The Balaban J connectivity index is 2.17. The Morgan fingerprint density at radius 1 is 1.35 bits per heavy atom. The van der Waals surface area contributed by atoms with Crippen molar-refractivity contribution in [2.24, 2.45) is 0 Å². The Morgan fingerprint density at radius 3 is 2.75 bits per heavy atom. The van der Waals surface area contributed by atoms with Gasteiger partial charge in [-0.1, -0.05) is 0 Å². The topological polar surface area (TPSA) is 82.1 Å². The summed E-state index contributed by atoms with van der Waals surface area (Å²) in [4.78, 5) is 25.2. The van der Waals surface area contributed by atoms with Gasteiger partial charge in [0, 0.05) is 18.9 Å². The molecule has 0 bridgehead atoms. The number of pyridine rings is 1. The van der Waals surface area contributed by atoms with Crippen LogP contribution >= 0.6 is 0 Å². The van der Waals surface area contributed by atoms with Crippen LogP contribution in [0.25, 0.3) is 0 Å². The number of aliphatic hydroxyl groups excluding tert-OH is 1. The Labute approximate surface area is 117 Å². The van der Waals surface area contributed by atoms with E-state index in [1.165, 1.54) is 6.20 Å². The molecule has 6 heteroatoms. The minimum Gasteiger partial charge on any atom is -0.395 e. The summed E-state index contributed by atoms with van der Waals surface area (Å²) in [5.74, 6) is 0.649. The van der Waals surface area contributed by atoms with Crippen LogP contribution in [-0.4, -0.2) is 44.0 Å². The van der Waals surface area contributed by atoms with E-state index < -0.39 is 0 Å². The van der Waals surface area contributed by atoms with Gasteiger partial charge < -0.3 is 15.0 Å². The highest BCUT2D eigenvalue weighted by Crippen LogP contribution is 2.09. The summed E-state index contributed by atoms with van der Waals surface area (Å²) in [7, 11) is 0. The SMILES string of the molecule is Cc1cncc(C(=O)N(CCO)Cc2cnc(C)[nH]2)c1. The Hall–Kier alpha value is -2.21. The summed E-state index contributed by atoms with van der Waals surface area (Å²) in [6, 6.07) is 1.79. The molecule has 0 unspecified atom stereocenters. The Morgan fingerprint density at radius 2 is 2.15 bits per heavy atom. The molecule has 0 atom stereocenters. The Bertz CT molecular complexity index is 594. The highest BCUT2D eigenvalue weighted by atomic mass is 16.3. The number of hydrogen-bond acceptors (Lipinski definition) is 4. The van der Waals surface area contributed by atoms with Crippen LogP contribution in [0.5, 0.6) is 0 Å². The number of imidazole rings is 1. The molecule has 2 aromatic rings. The summed E-state index contributed by atoms with van der Waals surface area (Å²) in [5.41, 5.74) is 2.29. The first kappa shape index (κ1) is 14.2. The van der Waals surface area contributed by atoms with Crippen LogP contribution < -0.4 is 0 Å². The number of nitrogens with one attached hydrogen (secondary N) is 1. The van der Waals surface area contributed by atoms with Crippen molar-refractivity contribution in [2.75, 3.05) is 13.2 Å². The molecule has 20 heavy (non-hydrogen) atoms. The van der Waals surface area contributed by atoms with E-state index in [9.17, 15) is 4.79 Å². The van der Waals surface area contributed by atoms with E-state index in [0.717, 1.165) is 17.1 Å². The van der Waals surface area contributed by atoms with E-state index in [-0.39, 0.29) is 19.1 Å². The fraction of sp³-hybridized carbons (Fsp3) is 0.357. The molecule has 0 aliphatic rings. The molecule has 2 N–H and O–H groups in total. The molecule has 0 aromatic carbocycles. The third-order valence-electron chi connectivity index (χ3n) is 2.90. The van der Waals surface area contributed by atoms with Crippen molar-refractivity contribution in [3.8, 4) is 0 Å². The number of aryl methyl sites for hydroxylation is 2. The predicted octanol–water partition coefficient (Wildman–Crippen LogP) is 1.06. The number of carbonyl (C=O) groups is 1. The van der Waals surface area contributed by atoms with Crippen molar-refractivity contribution >= 4 is 5.91 Å². The van der Waals surface area contributed by atoms with Crippen molar-refractivity contribution in [1.29, 1.82) is 0 Å². The lowest BCUT2D eigenvalue weighted by Crippen LogP contribution is -2.33. The number of hydrogen-bond donors (Lipinski definition) is 2. The zero-order chi connectivity index (χ0) is 14.5. The van der Waals surface area contributed by atoms with Gasteiger partial charge in [0.2, 0.25) is 0 Å². The number of amides is 1. The third kappa shape index (κ3) is 3.42. The van der Waals surface area contributed by atoms with Crippen molar-refractivity contribution < 1.29 is 9.90 Å². The van der Waals surface area contributed by atoms with Gasteiger partial charge >= 0.3 is 0 Å². The minimum atomic E-state index is -0.150. The summed E-state index contributed by atoms with van der Waals surface area (Å²) in [5, 5.41) is 9.13. The van der Waals surface area contributed by atoms with Gasteiger partial charge in [0.1, 0.15) is 5.82 Å². The van der Waals surface area contributed by atoms with Crippen LogP contribution in [0.4, 0.5) is 0 Å². The first-order chi connectivity index (χ1) is 9.60. The molecule has 106 valence electrons. The number of aromatic nitrogens is 3.